The molecule has 0 heterocycles. The van der Waals surface area contributed by atoms with E-state index in [9.17, 15) is 4.79 Å². The van der Waals surface area contributed by atoms with E-state index < -0.39 is 0 Å². The quantitative estimate of drug-likeness (QED) is 0.836. The minimum atomic E-state index is -0.184. The third-order valence-corrected chi connectivity index (χ3v) is 3.08. The van der Waals surface area contributed by atoms with Crippen LogP contribution in [-0.2, 0) is 11.2 Å². The summed E-state index contributed by atoms with van der Waals surface area (Å²) in [7, 11) is 0. The number of nitriles is 1. The van der Waals surface area contributed by atoms with Crippen LogP contribution in [0.4, 0.5) is 0 Å². The fourth-order valence-corrected chi connectivity index (χ4v) is 1.84. The van der Waals surface area contributed by atoms with Crippen LogP contribution in [-0.4, -0.2) is 12.5 Å². The fraction of sp³-hybridized carbons (Fsp3) is 0.467. The van der Waals surface area contributed by atoms with Gasteiger partial charge >= 0.3 is 0 Å². The zero-order valence-corrected chi connectivity index (χ0v) is 11.0. The van der Waals surface area contributed by atoms with Crippen molar-refractivity contribution in [1.82, 2.24) is 5.32 Å². The van der Waals surface area contributed by atoms with Crippen LogP contribution in [0.2, 0.25) is 0 Å². The SMILES string of the molecule is CC(C)[C@H](CNC(=O)CC#N)Cc1ccccc1. The summed E-state index contributed by atoms with van der Waals surface area (Å²) in [6.45, 7) is 4.95. The summed E-state index contributed by atoms with van der Waals surface area (Å²) in [5.74, 6) is 0.707. The second-order valence-corrected chi connectivity index (χ2v) is 4.83. The van der Waals surface area contributed by atoms with E-state index in [0.717, 1.165) is 6.42 Å². The van der Waals surface area contributed by atoms with Gasteiger partial charge in [0.15, 0.2) is 0 Å². The molecule has 1 atom stereocenters. The summed E-state index contributed by atoms with van der Waals surface area (Å²) in [6.07, 6.45) is 0.890. The Labute approximate surface area is 109 Å². The molecule has 0 radical (unpaired) electrons. The molecular formula is C15H20N2O. The van der Waals surface area contributed by atoms with Crippen LogP contribution in [0.5, 0.6) is 0 Å². The second kappa shape index (κ2) is 7.50. The van der Waals surface area contributed by atoms with Crippen LogP contribution < -0.4 is 5.32 Å². The monoisotopic (exact) mass is 244 g/mol. The number of rotatable bonds is 6. The van der Waals surface area contributed by atoms with Crippen molar-refractivity contribution in [3.8, 4) is 6.07 Å². The van der Waals surface area contributed by atoms with E-state index in [1.807, 2.05) is 24.3 Å². The molecule has 3 nitrogen and oxygen atoms in total. The fourth-order valence-electron chi connectivity index (χ4n) is 1.84. The molecule has 0 aliphatic heterocycles. The van der Waals surface area contributed by atoms with Gasteiger partial charge in [-0.1, -0.05) is 44.2 Å². The Morgan fingerprint density at radius 1 is 1.33 bits per heavy atom. The molecule has 1 aromatic carbocycles. The summed E-state index contributed by atoms with van der Waals surface area (Å²) < 4.78 is 0. The normalized spacial score (nSPS) is 11.9. The largest absolute Gasteiger partial charge is 0.355 e. The first kappa shape index (κ1) is 14.2. The zero-order valence-electron chi connectivity index (χ0n) is 11.0. The Hall–Kier alpha value is -1.82. The van der Waals surface area contributed by atoms with Crippen LogP contribution >= 0.6 is 0 Å². The molecule has 18 heavy (non-hydrogen) atoms. The van der Waals surface area contributed by atoms with E-state index in [0.29, 0.717) is 18.4 Å². The van der Waals surface area contributed by atoms with Crippen molar-refractivity contribution in [2.24, 2.45) is 11.8 Å². The molecule has 0 spiro atoms. The standard InChI is InChI=1S/C15H20N2O/c1-12(2)14(11-17-15(18)8-9-16)10-13-6-4-3-5-7-13/h3-7,12,14H,8,10-11H2,1-2H3,(H,17,18)/t14-/m0/s1. The minimum absolute atomic E-state index is 0.0594. The zero-order chi connectivity index (χ0) is 13.4. The number of hydrogen-bond acceptors (Lipinski definition) is 2. The summed E-state index contributed by atoms with van der Waals surface area (Å²) in [5, 5.41) is 11.3. The van der Waals surface area contributed by atoms with Gasteiger partial charge in [-0.2, -0.15) is 5.26 Å². The maximum absolute atomic E-state index is 11.3. The molecule has 0 saturated carbocycles. The molecule has 0 saturated heterocycles. The lowest BCUT2D eigenvalue weighted by atomic mass is 9.89. The summed E-state index contributed by atoms with van der Waals surface area (Å²) >= 11 is 0. The molecule has 1 rings (SSSR count). The van der Waals surface area contributed by atoms with Gasteiger partial charge in [-0.15, -0.1) is 0 Å². The number of nitrogens with zero attached hydrogens (tertiary/aromatic N) is 1. The van der Waals surface area contributed by atoms with Crippen LogP contribution in [0.15, 0.2) is 30.3 Å². The third-order valence-electron chi connectivity index (χ3n) is 3.08. The molecule has 1 N–H and O–H groups in total. The van der Waals surface area contributed by atoms with Crippen molar-refractivity contribution in [2.75, 3.05) is 6.54 Å². The average Bonchev–Trinajstić information content (AvgIpc) is 2.35. The summed E-state index contributed by atoms with van der Waals surface area (Å²) in [5.41, 5.74) is 1.28. The molecule has 0 aromatic heterocycles. The van der Waals surface area contributed by atoms with Crippen molar-refractivity contribution >= 4 is 5.91 Å². The Kier molecular flexibility index (Phi) is 5.93. The lowest BCUT2D eigenvalue weighted by molar-refractivity contribution is -0.120. The Balaban J connectivity index is 2.51. The van der Waals surface area contributed by atoms with Gasteiger partial charge in [-0.05, 0) is 23.8 Å². The van der Waals surface area contributed by atoms with Gasteiger partial charge in [0.2, 0.25) is 5.91 Å². The van der Waals surface area contributed by atoms with Crippen molar-refractivity contribution in [2.45, 2.75) is 26.7 Å². The van der Waals surface area contributed by atoms with Gasteiger partial charge in [-0.25, -0.2) is 0 Å². The number of hydrogen-bond donors (Lipinski definition) is 1. The van der Waals surface area contributed by atoms with Crippen LogP contribution in [0.1, 0.15) is 25.8 Å². The maximum atomic E-state index is 11.3. The molecule has 0 aliphatic rings. The molecule has 96 valence electrons. The van der Waals surface area contributed by atoms with Gasteiger partial charge < -0.3 is 5.32 Å². The molecule has 0 unspecified atom stereocenters. The Morgan fingerprint density at radius 3 is 2.56 bits per heavy atom. The number of nitrogens with one attached hydrogen (secondary N) is 1. The molecule has 0 bridgehead atoms. The smallest absolute Gasteiger partial charge is 0.234 e. The summed E-state index contributed by atoms with van der Waals surface area (Å²) in [6, 6.07) is 12.1. The molecule has 1 amide bonds. The lowest BCUT2D eigenvalue weighted by Gasteiger charge is -2.21. The average molecular weight is 244 g/mol. The first-order valence-electron chi connectivity index (χ1n) is 6.31. The van der Waals surface area contributed by atoms with Crippen molar-refractivity contribution in [3.63, 3.8) is 0 Å². The first-order valence-corrected chi connectivity index (χ1v) is 6.31. The van der Waals surface area contributed by atoms with E-state index in [1.54, 1.807) is 0 Å². The highest BCUT2D eigenvalue weighted by molar-refractivity contribution is 5.77. The topological polar surface area (TPSA) is 52.9 Å². The van der Waals surface area contributed by atoms with Gasteiger partial charge in [0.05, 0.1) is 6.07 Å². The number of carbonyl (C=O) groups excluding carboxylic acids is 1. The van der Waals surface area contributed by atoms with E-state index in [2.05, 4.69) is 31.3 Å². The third kappa shape index (κ3) is 5.01. The molecule has 1 aromatic rings. The maximum Gasteiger partial charge on any atom is 0.234 e. The summed E-state index contributed by atoms with van der Waals surface area (Å²) in [4.78, 5) is 11.3. The lowest BCUT2D eigenvalue weighted by Crippen LogP contribution is -2.32. The van der Waals surface area contributed by atoms with Crippen molar-refractivity contribution in [1.29, 1.82) is 5.26 Å². The van der Waals surface area contributed by atoms with Crippen molar-refractivity contribution in [3.05, 3.63) is 35.9 Å². The van der Waals surface area contributed by atoms with E-state index in [4.69, 9.17) is 5.26 Å². The van der Waals surface area contributed by atoms with Gasteiger partial charge in [0.1, 0.15) is 6.42 Å². The second-order valence-electron chi connectivity index (χ2n) is 4.83. The van der Waals surface area contributed by atoms with Crippen LogP contribution in [0, 0.1) is 23.2 Å². The van der Waals surface area contributed by atoms with Crippen LogP contribution in [0.3, 0.4) is 0 Å². The number of amides is 1. The number of carbonyl (C=O) groups is 1. The van der Waals surface area contributed by atoms with E-state index in [-0.39, 0.29) is 12.3 Å². The predicted octanol–water partition coefficient (Wildman–Crippen LogP) is 2.53. The first-order chi connectivity index (χ1) is 8.63. The van der Waals surface area contributed by atoms with E-state index >= 15 is 0 Å². The highest BCUT2D eigenvalue weighted by atomic mass is 16.1. The van der Waals surface area contributed by atoms with Gasteiger partial charge in [0, 0.05) is 6.54 Å². The minimum Gasteiger partial charge on any atom is -0.355 e. The number of benzene rings is 1. The highest BCUT2D eigenvalue weighted by Gasteiger charge is 2.15. The molecule has 0 fully saturated rings. The Bertz CT molecular complexity index is 406. The molecular weight excluding hydrogens is 224 g/mol. The van der Waals surface area contributed by atoms with Crippen molar-refractivity contribution < 1.29 is 4.79 Å². The van der Waals surface area contributed by atoms with E-state index in [1.165, 1.54) is 5.56 Å². The van der Waals surface area contributed by atoms with Crippen LogP contribution in [0.25, 0.3) is 0 Å². The molecule has 3 heteroatoms. The Morgan fingerprint density at radius 2 is 2.00 bits per heavy atom. The highest BCUT2D eigenvalue weighted by Crippen LogP contribution is 2.16. The predicted molar refractivity (Wildman–Crippen MR) is 71.7 cm³/mol. The van der Waals surface area contributed by atoms with Gasteiger partial charge in [-0.3, -0.25) is 4.79 Å². The molecule has 0 aliphatic carbocycles. The van der Waals surface area contributed by atoms with Gasteiger partial charge in [0.25, 0.3) is 0 Å².